The summed E-state index contributed by atoms with van der Waals surface area (Å²) in [5.74, 6) is 0.895. The predicted molar refractivity (Wildman–Crippen MR) is 95.7 cm³/mol. The summed E-state index contributed by atoms with van der Waals surface area (Å²) in [4.78, 5) is 11.8. The topological polar surface area (TPSA) is 29.1 Å². The minimum absolute atomic E-state index is 0.0121. The highest BCUT2D eigenvalue weighted by atomic mass is 35.5. The first-order valence-electron chi connectivity index (χ1n) is 7.08. The first kappa shape index (κ1) is 18.1. The van der Waals surface area contributed by atoms with Gasteiger partial charge in [-0.3, -0.25) is 4.79 Å². The summed E-state index contributed by atoms with van der Waals surface area (Å²) < 4.78 is 13.6. The van der Waals surface area contributed by atoms with Crippen LogP contribution in [0, 0.1) is 5.82 Å². The molecule has 0 aliphatic heterocycles. The molecule has 0 radical (unpaired) electrons. The Balaban J connectivity index is 1.68. The second-order valence-corrected chi connectivity index (χ2v) is 6.86. The number of hydrogen-bond acceptors (Lipinski definition) is 2. The molecule has 0 aliphatic carbocycles. The van der Waals surface area contributed by atoms with Gasteiger partial charge >= 0.3 is 0 Å². The minimum Gasteiger partial charge on any atom is -0.355 e. The highest BCUT2D eigenvalue weighted by molar-refractivity contribution is 7.98. The number of benzene rings is 2. The molecular weight excluding hydrogens is 356 g/mol. The quantitative estimate of drug-likeness (QED) is 0.713. The van der Waals surface area contributed by atoms with Gasteiger partial charge < -0.3 is 5.32 Å². The monoisotopic (exact) mass is 371 g/mol. The number of nitrogens with one attached hydrogen (secondary N) is 1. The van der Waals surface area contributed by atoms with Crippen molar-refractivity contribution in [1.82, 2.24) is 5.32 Å². The number of rotatable bonds is 7. The minimum atomic E-state index is -0.458. The van der Waals surface area contributed by atoms with E-state index in [1.165, 1.54) is 12.1 Å². The molecule has 1 N–H and O–H groups in total. The van der Waals surface area contributed by atoms with Gasteiger partial charge in [0, 0.05) is 28.1 Å². The molecule has 2 rings (SSSR count). The zero-order valence-corrected chi connectivity index (χ0v) is 14.6. The smallest absolute Gasteiger partial charge is 0.224 e. The maximum Gasteiger partial charge on any atom is 0.224 e. The third-order valence-corrected chi connectivity index (χ3v) is 4.76. The molecule has 0 saturated carbocycles. The zero-order valence-electron chi connectivity index (χ0n) is 12.3. The summed E-state index contributed by atoms with van der Waals surface area (Å²) in [7, 11) is 0. The van der Waals surface area contributed by atoms with Gasteiger partial charge in [0.05, 0.1) is 6.42 Å². The van der Waals surface area contributed by atoms with E-state index in [9.17, 15) is 9.18 Å². The number of carbonyl (C=O) groups excluding carboxylic acids is 1. The lowest BCUT2D eigenvalue weighted by atomic mass is 10.1. The van der Waals surface area contributed by atoms with Gasteiger partial charge in [0.1, 0.15) is 5.82 Å². The molecule has 6 heteroatoms. The van der Waals surface area contributed by atoms with E-state index in [1.54, 1.807) is 17.8 Å². The molecule has 0 fully saturated rings. The maximum absolute atomic E-state index is 13.6. The molecule has 0 aromatic heterocycles. The number of halogens is 3. The standard InChI is InChI=1S/C17H16Cl2FNOS/c18-14-6-5-12(16(20)10-14)9-17(22)21-7-8-23-11-13-3-1-2-4-15(13)19/h1-6,10H,7-9,11H2,(H,21,22). The van der Waals surface area contributed by atoms with Crippen LogP contribution in [0.1, 0.15) is 11.1 Å². The molecule has 0 spiro atoms. The number of thioether (sulfide) groups is 1. The lowest BCUT2D eigenvalue weighted by molar-refractivity contribution is -0.120. The van der Waals surface area contributed by atoms with Crippen molar-refractivity contribution in [2.45, 2.75) is 12.2 Å². The Morgan fingerprint density at radius 2 is 1.91 bits per heavy atom. The van der Waals surface area contributed by atoms with Crippen LogP contribution in [0.2, 0.25) is 10.0 Å². The predicted octanol–water partition coefficient (Wildman–Crippen LogP) is 4.72. The summed E-state index contributed by atoms with van der Waals surface area (Å²) in [5.41, 5.74) is 1.42. The van der Waals surface area contributed by atoms with Gasteiger partial charge in [0.2, 0.25) is 5.91 Å². The fourth-order valence-electron chi connectivity index (χ4n) is 1.96. The Labute approximate surface area is 149 Å². The van der Waals surface area contributed by atoms with Gasteiger partial charge in [-0.25, -0.2) is 4.39 Å². The second kappa shape index (κ2) is 9.16. The Bertz CT molecular complexity index is 681. The van der Waals surface area contributed by atoms with Crippen LogP contribution in [0.3, 0.4) is 0 Å². The van der Waals surface area contributed by atoms with Crippen molar-refractivity contribution in [3.8, 4) is 0 Å². The van der Waals surface area contributed by atoms with Crippen LogP contribution in [0.25, 0.3) is 0 Å². The van der Waals surface area contributed by atoms with E-state index in [1.807, 2.05) is 24.3 Å². The van der Waals surface area contributed by atoms with Gasteiger partial charge in [-0.2, -0.15) is 11.8 Å². The Morgan fingerprint density at radius 1 is 1.13 bits per heavy atom. The molecule has 23 heavy (non-hydrogen) atoms. The maximum atomic E-state index is 13.6. The number of carbonyl (C=O) groups is 1. The third kappa shape index (κ3) is 6.05. The number of hydrogen-bond donors (Lipinski definition) is 1. The second-order valence-electron chi connectivity index (χ2n) is 4.91. The lowest BCUT2D eigenvalue weighted by Gasteiger charge is -2.07. The van der Waals surface area contributed by atoms with E-state index in [2.05, 4.69) is 5.32 Å². The molecule has 0 unspecified atom stereocenters. The average molecular weight is 372 g/mol. The summed E-state index contributed by atoms with van der Waals surface area (Å²) >= 11 is 13.4. The molecular formula is C17H16Cl2FNOS. The summed E-state index contributed by atoms with van der Waals surface area (Å²) in [5, 5.41) is 3.86. The molecule has 2 nitrogen and oxygen atoms in total. The third-order valence-electron chi connectivity index (χ3n) is 3.15. The van der Waals surface area contributed by atoms with Gasteiger partial charge in [-0.15, -0.1) is 0 Å². The average Bonchev–Trinajstić information content (AvgIpc) is 2.51. The van der Waals surface area contributed by atoms with E-state index in [0.717, 1.165) is 22.1 Å². The lowest BCUT2D eigenvalue weighted by Crippen LogP contribution is -2.27. The number of amides is 1. The van der Waals surface area contributed by atoms with Crippen molar-refractivity contribution in [3.05, 3.63) is 69.5 Å². The highest BCUT2D eigenvalue weighted by Gasteiger charge is 2.08. The molecule has 1 amide bonds. The van der Waals surface area contributed by atoms with Crippen LogP contribution < -0.4 is 5.32 Å². The summed E-state index contributed by atoms with van der Waals surface area (Å²) in [6.45, 7) is 0.531. The Morgan fingerprint density at radius 3 is 2.65 bits per heavy atom. The fraction of sp³-hybridized carbons (Fsp3) is 0.235. The first-order valence-corrected chi connectivity index (χ1v) is 8.99. The van der Waals surface area contributed by atoms with Crippen LogP contribution >= 0.6 is 35.0 Å². The van der Waals surface area contributed by atoms with Crippen LogP contribution in [0.4, 0.5) is 4.39 Å². The molecule has 122 valence electrons. The fourth-order valence-corrected chi connectivity index (χ4v) is 3.26. The summed E-state index contributed by atoms with van der Waals surface area (Å²) in [6.07, 6.45) is 0.0121. The SMILES string of the molecule is O=C(Cc1ccc(Cl)cc1F)NCCSCc1ccccc1Cl. The van der Waals surface area contributed by atoms with E-state index < -0.39 is 5.82 Å². The van der Waals surface area contributed by atoms with Crippen LogP contribution in [-0.4, -0.2) is 18.2 Å². The van der Waals surface area contributed by atoms with Gasteiger partial charge in [-0.05, 0) is 29.3 Å². The van der Waals surface area contributed by atoms with E-state index in [0.29, 0.717) is 17.1 Å². The van der Waals surface area contributed by atoms with Crippen molar-refractivity contribution < 1.29 is 9.18 Å². The van der Waals surface area contributed by atoms with Crippen molar-refractivity contribution >= 4 is 40.9 Å². The van der Waals surface area contributed by atoms with Crippen molar-refractivity contribution in [3.63, 3.8) is 0 Å². The molecule has 0 aliphatic rings. The molecule has 0 heterocycles. The molecule has 0 atom stereocenters. The van der Waals surface area contributed by atoms with Gasteiger partial charge in [0.15, 0.2) is 0 Å². The van der Waals surface area contributed by atoms with Gasteiger partial charge in [-0.1, -0.05) is 47.5 Å². The van der Waals surface area contributed by atoms with Crippen LogP contribution in [0.5, 0.6) is 0 Å². The Hall–Kier alpha value is -1.23. The van der Waals surface area contributed by atoms with Crippen LogP contribution in [-0.2, 0) is 17.0 Å². The van der Waals surface area contributed by atoms with Crippen molar-refractivity contribution in [2.75, 3.05) is 12.3 Å². The molecule has 0 bridgehead atoms. The van der Waals surface area contributed by atoms with Crippen molar-refractivity contribution in [2.24, 2.45) is 0 Å². The van der Waals surface area contributed by atoms with Crippen LogP contribution in [0.15, 0.2) is 42.5 Å². The zero-order chi connectivity index (χ0) is 16.7. The molecule has 0 saturated heterocycles. The largest absolute Gasteiger partial charge is 0.355 e. The van der Waals surface area contributed by atoms with E-state index in [4.69, 9.17) is 23.2 Å². The Kier molecular flexibility index (Phi) is 7.21. The molecule has 2 aromatic rings. The molecule has 2 aromatic carbocycles. The van der Waals surface area contributed by atoms with E-state index >= 15 is 0 Å². The normalized spacial score (nSPS) is 10.6. The van der Waals surface area contributed by atoms with Crippen molar-refractivity contribution in [1.29, 1.82) is 0 Å². The summed E-state index contributed by atoms with van der Waals surface area (Å²) in [6, 6.07) is 12.0. The van der Waals surface area contributed by atoms with E-state index in [-0.39, 0.29) is 12.3 Å². The highest BCUT2D eigenvalue weighted by Crippen LogP contribution is 2.20. The first-order chi connectivity index (χ1) is 11.1. The van der Waals surface area contributed by atoms with Gasteiger partial charge in [0.25, 0.3) is 0 Å².